The molecule has 0 unspecified atom stereocenters. The highest BCUT2D eigenvalue weighted by Crippen LogP contribution is 2.33. The first-order valence-electron chi connectivity index (χ1n) is 5.58. The summed E-state index contributed by atoms with van der Waals surface area (Å²) in [5.41, 5.74) is 0.791. The van der Waals surface area contributed by atoms with Crippen LogP contribution >= 0.6 is 31.9 Å². The Morgan fingerprint density at radius 1 is 1.11 bits per heavy atom. The van der Waals surface area contributed by atoms with Crippen molar-refractivity contribution in [1.82, 2.24) is 0 Å². The van der Waals surface area contributed by atoms with Gasteiger partial charge in [-0.1, -0.05) is 6.07 Å². The molecule has 0 saturated heterocycles. The minimum absolute atomic E-state index is 0.337. The van der Waals surface area contributed by atoms with Crippen LogP contribution in [-0.4, -0.2) is 5.11 Å². The summed E-state index contributed by atoms with van der Waals surface area (Å²) >= 11 is 6.49. The van der Waals surface area contributed by atoms with Gasteiger partial charge in [0, 0.05) is 0 Å². The lowest BCUT2D eigenvalue weighted by Gasteiger charge is -2.11. The molecule has 0 aliphatic carbocycles. The number of ether oxygens (including phenoxy) is 1. The van der Waals surface area contributed by atoms with Gasteiger partial charge >= 0.3 is 0 Å². The Kier molecular flexibility index (Phi) is 4.60. The maximum atomic E-state index is 13.1. The van der Waals surface area contributed by atoms with Crippen molar-refractivity contribution in [2.24, 2.45) is 0 Å². The van der Waals surface area contributed by atoms with E-state index in [0.29, 0.717) is 16.0 Å². The van der Waals surface area contributed by atoms with Gasteiger partial charge in [0.2, 0.25) is 0 Å². The lowest BCUT2D eigenvalue weighted by Crippen LogP contribution is -1.92. The average molecular weight is 390 g/mol. The zero-order valence-corrected chi connectivity index (χ0v) is 13.2. The van der Waals surface area contributed by atoms with E-state index < -0.39 is 6.10 Å². The number of rotatable bonds is 3. The number of aliphatic hydroxyl groups excluding tert-OH is 1. The van der Waals surface area contributed by atoms with Gasteiger partial charge in [-0.15, -0.1) is 0 Å². The average Bonchev–Trinajstić information content (AvgIpc) is 2.36. The number of benzene rings is 2. The monoisotopic (exact) mass is 388 g/mol. The van der Waals surface area contributed by atoms with Crippen LogP contribution in [0.2, 0.25) is 0 Å². The molecule has 0 saturated carbocycles. The second kappa shape index (κ2) is 6.03. The molecule has 2 rings (SSSR count). The van der Waals surface area contributed by atoms with E-state index in [1.807, 2.05) is 0 Å². The van der Waals surface area contributed by atoms with Crippen LogP contribution in [-0.2, 0) is 0 Å². The zero-order chi connectivity index (χ0) is 14.0. The number of hydrogen-bond acceptors (Lipinski definition) is 2. The Morgan fingerprint density at radius 2 is 1.84 bits per heavy atom. The first-order valence-corrected chi connectivity index (χ1v) is 7.16. The summed E-state index contributed by atoms with van der Waals surface area (Å²) in [5.74, 6) is 0.789. The molecule has 0 aliphatic rings. The standard InChI is InChI=1S/C14H11Br2FO2/c1-8(18)9-2-5-14(12(16)6-9)19-10-3-4-13(17)11(15)7-10/h2-8,18H,1H3/t8-/m1/s1. The molecule has 5 heteroatoms. The lowest BCUT2D eigenvalue weighted by atomic mass is 10.1. The maximum Gasteiger partial charge on any atom is 0.141 e. The highest BCUT2D eigenvalue weighted by atomic mass is 79.9. The van der Waals surface area contributed by atoms with Gasteiger partial charge < -0.3 is 9.84 Å². The van der Waals surface area contributed by atoms with E-state index in [2.05, 4.69) is 31.9 Å². The second-order valence-electron chi connectivity index (χ2n) is 4.04. The van der Waals surface area contributed by atoms with Crippen molar-refractivity contribution in [3.63, 3.8) is 0 Å². The summed E-state index contributed by atoms with van der Waals surface area (Å²) in [6.07, 6.45) is -0.537. The van der Waals surface area contributed by atoms with Crippen LogP contribution in [0, 0.1) is 5.82 Å². The van der Waals surface area contributed by atoms with Crippen LogP contribution < -0.4 is 4.74 Å². The molecule has 2 nitrogen and oxygen atoms in total. The molecule has 19 heavy (non-hydrogen) atoms. The summed E-state index contributed by atoms with van der Waals surface area (Å²) in [7, 11) is 0. The summed E-state index contributed by atoms with van der Waals surface area (Å²) in [4.78, 5) is 0. The predicted molar refractivity (Wildman–Crippen MR) is 78.9 cm³/mol. The lowest BCUT2D eigenvalue weighted by molar-refractivity contribution is 0.199. The Hall–Kier alpha value is -0.910. The SMILES string of the molecule is C[C@@H](O)c1ccc(Oc2ccc(F)c(Br)c2)c(Br)c1. The van der Waals surface area contributed by atoms with Crippen molar-refractivity contribution in [1.29, 1.82) is 0 Å². The molecule has 0 radical (unpaired) electrons. The van der Waals surface area contributed by atoms with Gasteiger partial charge in [0.15, 0.2) is 0 Å². The van der Waals surface area contributed by atoms with Gasteiger partial charge in [-0.3, -0.25) is 0 Å². The predicted octanol–water partition coefficient (Wildman–Crippen LogP) is 5.20. The molecule has 0 bridgehead atoms. The Balaban J connectivity index is 2.25. The molecule has 2 aromatic carbocycles. The highest BCUT2D eigenvalue weighted by Gasteiger charge is 2.08. The van der Waals surface area contributed by atoms with E-state index in [0.717, 1.165) is 10.0 Å². The minimum atomic E-state index is -0.537. The third kappa shape index (κ3) is 3.55. The van der Waals surface area contributed by atoms with Gasteiger partial charge in [-0.25, -0.2) is 4.39 Å². The molecule has 1 atom stereocenters. The quantitative estimate of drug-likeness (QED) is 0.781. The van der Waals surface area contributed by atoms with E-state index in [1.54, 1.807) is 37.3 Å². The van der Waals surface area contributed by atoms with Crippen molar-refractivity contribution >= 4 is 31.9 Å². The largest absolute Gasteiger partial charge is 0.456 e. The molecular weight excluding hydrogens is 379 g/mol. The van der Waals surface area contributed by atoms with Gasteiger partial charge in [0.05, 0.1) is 15.0 Å². The summed E-state index contributed by atoms with van der Waals surface area (Å²) in [5, 5.41) is 9.49. The number of aliphatic hydroxyl groups is 1. The van der Waals surface area contributed by atoms with Gasteiger partial charge in [-0.2, -0.15) is 0 Å². The molecule has 0 fully saturated rings. The third-order valence-corrected chi connectivity index (χ3v) is 3.78. The van der Waals surface area contributed by atoms with E-state index in [4.69, 9.17) is 4.74 Å². The van der Waals surface area contributed by atoms with Gasteiger partial charge in [-0.05, 0) is 74.7 Å². The van der Waals surface area contributed by atoms with Crippen molar-refractivity contribution in [3.05, 3.63) is 56.7 Å². The zero-order valence-electron chi connectivity index (χ0n) is 10.0. The Morgan fingerprint density at radius 3 is 2.42 bits per heavy atom. The van der Waals surface area contributed by atoms with E-state index in [1.165, 1.54) is 6.07 Å². The first-order chi connectivity index (χ1) is 8.97. The summed E-state index contributed by atoms with van der Waals surface area (Å²) < 4.78 is 19.9. The normalized spacial score (nSPS) is 12.3. The molecule has 0 aromatic heterocycles. The topological polar surface area (TPSA) is 29.5 Å². The fraction of sp³-hybridized carbons (Fsp3) is 0.143. The van der Waals surface area contributed by atoms with Crippen molar-refractivity contribution in [2.75, 3.05) is 0 Å². The van der Waals surface area contributed by atoms with Crippen molar-refractivity contribution < 1.29 is 14.2 Å². The van der Waals surface area contributed by atoms with Crippen molar-refractivity contribution in [2.45, 2.75) is 13.0 Å². The van der Waals surface area contributed by atoms with Crippen LogP contribution in [0.15, 0.2) is 45.3 Å². The first kappa shape index (κ1) is 14.5. The van der Waals surface area contributed by atoms with Crippen LogP contribution in [0.1, 0.15) is 18.6 Å². The van der Waals surface area contributed by atoms with Crippen LogP contribution in [0.25, 0.3) is 0 Å². The Labute approximate surface area is 127 Å². The van der Waals surface area contributed by atoms with E-state index >= 15 is 0 Å². The highest BCUT2D eigenvalue weighted by molar-refractivity contribution is 9.10. The summed E-state index contributed by atoms with van der Waals surface area (Å²) in [6, 6.07) is 9.77. The number of halogens is 3. The van der Waals surface area contributed by atoms with Crippen LogP contribution in [0.5, 0.6) is 11.5 Å². The molecule has 2 aromatic rings. The van der Waals surface area contributed by atoms with E-state index in [9.17, 15) is 9.50 Å². The van der Waals surface area contributed by atoms with Gasteiger partial charge in [0.1, 0.15) is 17.3 Å². The Bertz CT molecular complexity index is 600. The fourth-order valence-corrected chi connectivity index (χ4v) is 2.36. The number of hydrogen-bond donors (Lipinski definition) is 1. The van der Waals surface area contributed by atoms with Crippen molar-refractivity contribution in [3.8, 4) is 11.5 Å². The molecular formula is C14H11Br2FO2. The molecule has 0 spiro atoms. The molecule has 100 valence electrons. The fourth-order valence-electron chi connectivity index (χ4n) is 1.53. The maximum absolute atomic E-state index is 13.1. The molecule has 0 heterocycles. The smallest absolute Gasteiger partial charge is 0.141 e. The molecule has 1 N–H and O–H groups in total. The minimum Gasteiger partial charge on any atom is -0.456 e. The second-order valence-corrected chi connectivity index (χ2v) is 5.75. The molecule has 0 amide bonds. The van der Waals surface area contributed by atoms with Crippen LogP contribution in [0.4, 0.5) is 4.39 Å². The van der Waals surface area contributed by atoms with Gasteiger partial charge in [0.25, 0.3) is 0 Å². The third-order valence-electron chi connectivity index (χ3n) is 2.56. The summed E-state index contributed by atoms with van der Waals surface area (Å²) in [6.45, 7) is 1.69. The van der Waals surface area contributed by atoms with E-state index in [-0.39, 0.29) is 5.82 Å². The molecule has 0 aliphatic heterocycles. The van der Waals surface area contributed by atoms with Crippen LogP contribution in [0.3, 0.4) is 0 Å².